The number of rotatable bonds is 8. The third-order valence-corrected chi connectivity index (χ3v) is 4.84. The lowest BCUT2D eigenvalue weighted by molar-refractivity contribution is 0.0603. The van der Waals surface area contributed by atoms with E-state index >= 15 is 0 Å². The summed E-state index contributed by atoms with van der Waals surface area (Å²) >= 11 is 0. The molecule has 24 heavy (non-hydrogen) atoms. The van der Waals surface area contributed by atoms with Crippen molar-refractivity contribution in [3.63, 3.8) is 0 Å². The molecular weight excluding hydrogens is 334 g/mol. The van der Waals surface area contributed by atoms with Crippen LogP contribution in [0.4, 0.5) is 0 Å². The number of ether oxygens (including phenoxy) is 2. The van der Waals surface area contributed by atoms with Gasteiger partial charge in [-0.1, -0.05) is 0 Å². The normalized spacial score (nSPS) is 14.2. The largest absolute Gasteiger partial charge is 0.493 e. The van der Waals surface area contributed by atoms with Crippen LogP contribution in [0.5, 0.6) is 11.5 Å². The van der Waals surface area contributed by atoms with Gasteiger partial charge in [0.2, 0.25) is 10.0 Å². The summed E-state index contributed by atoms with van der Waals surface area (Å²) in [6.45, 7) is 1.37. The zero-order valence-electron chi connectivity index (χ0n) is 13.8. The lowest BCUT2D eigenvalue weighted by Gasteiger charge is -2.22. The highest BCUT2D eigenvalue weighted by Crippen LogP contribution is 2.29. The summed E-state index contributed by atoms with van der Waals surface area (Å²) in [5, 5.41) is 10.3. The molecule has 1 aromatic carbocycles. The first-order chi connectivity index (χ1) is 11.3. The summed E-state index contributed by atoms with van der Waals surface area (Å²) < 4.78 is 42.6. The fourth-order valence-corrected chi connectivity index (χ4v) is 3.35. The SMILES string of the molecule is COc1ccc(S(=O)(=O)NCC(C)(O)Cc2ccco2)cc1OC. The average molecular weight is 355 g/mol. The number of benzene rings is 1. The minimum atomic E-state index is -3.81. The Labute approximate surface area is 141 Å². The lowest BCUT2D eigenvalue weighted by Crippen LogP contribution is -2.42. The Morgan fingerprint density at radius 3 is 2.50 bits per heavy atom. The molecule has 0 amide bonds. The molecule has 0 radical (unpaired) electrons. The van der Waals surface area contributed by atoms with Gasteiger partial charge in [-0.25, -0.2) is 13.1 Å². The molecule has 132 valence electrons. The first kappa shape index (κ1) is 18.3. The van der Waals surface area contributed by atoms with Crippen molar-refractivity contribution in [1.82, 2.24) is 4.72 Å². The molecule has 8 heteroatoms. The van der Waals surface area contributed by atoms with Gasteiger partial charge in [0.25, 0.3) is 0 Å². The highest BCUT2D eigenvalue weighted by atomic mass is 32.2. The number of sulfonamides is 1. The summed E-state index contributed by atoms with van der Waals surface area (Å²) in [6.07, 6.45) is 1.69. The Morgan fingerprint density at radius 1 is 1.21 bits per heavy atom. The third kappa shape index (κ3) is 4.50. The molecule has 1 heterocycles. The second kappa shape index (κ2) is 7.25. The van der Waals surface area contributed by atoms with Gasteiger partial charge in [0, 0.05) is 19.0 Å². The van der Waals surface area contributed by atoms with E-state index in [0.717, 1.165) is 0 Å². The maximum absolute atomic E-state index is 12.4. The Hall–Kier alpha value is -2.03. The van der Waals surface area contributed by atoms with E-state index in [1.165, 1.54) is 45.6 Å². The molecule has 2 rings (SSSR count). The second-order valence-electron chi connectivity index (χ2n) is 5.59. The number of aliphatic hydroxyl groups is 1. The van der Waals surface area contributed by atoms with Crippen LogP contribution in [-0.2, 0) is 16.4 Å². The predicted molar refractivity (Wildman–Crippen MR) is 87.8 cm³/mol. The molecule has 0 aliphatic rings. The number of nitrogens with one attached hydrogen (secondary N) is 1. The average Bonchev–Trinajstić information content (AvgIpc) is 3.04. The monoisotopic (exact) mass is 355 g/mol. The molecule has 0 aliphatic heterocycles. The van der Waals surface area contributed by atoms with E-state index in [-0.39, 0.29) is 17.9 Å². The van der Waals surface area contributed by atoms with Crippen molar-refractivity contribution in [1.29, 1.82) is 0 Å². The molecule has 0 saturated heterocycles. The number of hydrogen-bond donors (Lipinski definition) is 2. The summed E-state index contributed by atoms with van der Waals surface area (Å²) in [4.78, 5) is 0.0222. The first-order valence-electron chi connectivity index (χ1n) is 7.24. The minimum Gasteiger partial charge on any atom is -0.493 e. The third-order valence-electron chi connectivity index (χ3n) is 3.44. The van der Waals surface area contributed by atoms with Crippen molar-refractivity contribution >= 4 is 10.0 Å². The standard InChI is InChI=1S/C16H21NO6S/c1-16(18,10-12-5-4-8-23-12)11-17-24(19,20)13-6-7-14(21-2)15(9-13)22-3/h4-9,17-18H,10-11H2,1-3H3. The van der Waals surface area contributed by atoms with Crippen molar-refractivity contribution in [2.75, 3.05) is 20.8 Å². The molecular formula is C16H21NO6S. The molecule has 2 N–H and O–H groups in total. The van der Waals surface area contributed by atoms with Crippen LogP contribution in [0.1, 0.15) is 12.7 Å². The van der Waals surface area contributed by atoms with Crippen LogP contribution in [0.25, 0.3) is 0 Å². The molecule has 7 nitrogen and oxygen atoms in total. The number of methoxy groups -OCH3 is 2. The highest BCUT2D eigenvalue weighted by molar-refractivity contribution is 7.89. The lowest BCUT2D eigenvalue weighted by atomic mass is 10.0. The molecule has 1 atom stereocenters. The Kier molecular flexibility index (Phi) is 5.53. The van der Waals surface area contributed by atoms with Crippen LogP contribution in [0, 0.1) is 0 Å². The Balaban J connectivity index is 2.10. The second-order valence-corrected chi connectivity index (χ2v) is 7.36. The molecule has 0 saturated carbocycles. The zero-order valence-corrected chi connectivity index (χ0v) is 14.6. The van der Waals surface area contributed by atoms with Gasteiger partial charge in [-0.3, -0.25) is 0 Å². The molecule has 0 spiro atoms. The molecule has 0 bridgehead atoms. The van der Waals surface area contributed by atoms with Gasteiger partial charge in [-0.2, -0.15) is 0 Å². The molecule has 1 unspecified atom stereocenters. The summed E-state index contributed by atoms with van der Waals surface area (Å²) in [5.74, 6) is 1.31. The van der Waals surface area contributed by atoms with E-state index in [1.807, 2.05) is 0 Å². The highest BCUT2D eigenvalue weighted by Gasteiger charge is 2.26. The van der Waals surface area contributed by atoms with E-state index in [4.69, 9.17) is 13.9 Å². The van der Waals surface area contributed by atoms with Gasteiger partial charge < -0.3 is 19.0 Å². The van der Waals surface area contributed by atoms with Crippen molar-refractivity contribution in [3.8, 4) is 11.5 Å². The van der Waals surface area contributed by atoms with Crippen LogP contribution in [0.15, 0.2) is 45.9 Å². The van der Waals surface area contributed by atoms with Gasteiger partial charge in [0.15, 0.2) is 11.5 Å². The molecule has 2 aromatic rings. The maximum Gasteiger partial charge on any atom is 0.240 e. The van der Waals surface area contributed by atoms with E-state index in [9.17, 15) is 13.5 Å². The van der Waals surface area contributed by atoms with Crippen molar-refractivity contribution in [2.24, 2.45) is 0 Å². The van der Waals surface area contributed by atoms with Crippen LogP contribution in [0.2, 0.25) is 0 Å². The quantitative estimate of drug-likeness (QED) is 0.746. The molecule has 0 fully saturated rings. The predicted octanol–water partition coefficient (Wildman–Crippen LogP) is 1.57. The number of furan rings is 1. The van der Waals surface area contributed by atoms with E-state index in [0.29, 0.717) is 17.3 Å². The fraction of sp³-hybridized carbons (Fsp3) is 0.375. The van der Waals surface area contributed by atoms with Crippen molar-refractivity contribution in [2.45, 2.75) is 23.8 Å². The van der Waals surface area contributed by atoms with Crippen LogP contribution < -0.4 is 14.2 Å². The minimum absolute atomic E-state index is 0.0222. The van der Waals surface area contributed by atoms with Crippen molar-refractivity contribution < 1.29 is 27.4 Å². The maximum atomic E-state index is 12.4. The van der Waals surface area contributed by atoms with Gasteiger partial charge in [-0.15, -0.1) is 0 Å². The van der Waals surface area contributed by atoms with Crippen LogP contribution >= 0.6 is 0 Å². The molecule has 0 aliphatic carbocycles. The zero-order chi connectivity index (χ0) is 17.8. The van der Waals surface area contributed by atoms with Gasteiger partial charge in [-0.05, 0) is 31.2 Å². The smallest absolute Gasteiger partial charge is 0.240 e. The van der Waals surface area contributed by atoms with Gasteiger partial charge >= 0.3 is 0 Å². The van der Waals surface area contributed by atoms with Gasteiger partial charge in [0.05, 0.1) is 31.0 Å². The van der Waals surface area contributed by atoms with Gasteiger partial charge in [0.1, 0.15) is 5.76 Å². The van der Waals surface area contributed by atoms with Crippen molar-refractivity contribution in [3.05, 3.63) is 42.4 Å². The summed E-state index contributed by atoms with van der Waals surface area (Å²) in [7, 11) is -0.911. The van der Waals surface area contributed by atoms with Crippen LogP contribution in [-0.4, -0.2) is 39.9 Å². The topological polar surface area (TPSA) is 98.0 Å². The van der Waals surface area contributed by atoms with E-state index < -0.39 is 15.6 Å². The van der Waals surface area contributed by atoms with Crippen LogP contribution in [0.3, 0.4) is 0 Å². The summed E-state index contributed by atoms with van der Waals surface area (Å²) in [6, 6.07) is 7.71. The molecule has 1 aromatic heterocycles. The summed E-state index contributed by atoms with van der Waals surface area (Å²) in [5.41, 5.74) is -1.29. The van der Waals surface area contributed by atoms with E-state index in [2.05, 4.69) is 4.72 Å². The van der Waals surface area contributed by atoms with E-state index in [1.54, 1.807) is 12.1 Å². The Bertz CT molecular complexity index is 768. The fourth-order valence-electron chi connectivity index (χ4n) is 2.17. The Morgan fingerprint density at radius 2 is 1.92 bits per heavy atom. The first-order valence-corrected chi connectivity index (χ1v) is 8.72. The number of hydrogen-bond acceptors (Lipinski definition) is 6.